The highest BCUT2D eigenvalue weighted by Gasteiger charge is 2.39. The molecular formula is C13H11F3N2O2. The summed E-state index contributed by atoms with van der Waals surface area (Å²) < 4.78 is 42.0. The van der Waals surface area contributed by atoms with E-state index in [-0.39, 0.29) is 11.2 Å². The van der Waals surface area contributed by atoms with Gasteiger partial charge in [-0.25, -0.2) is 0 Å². The van der Waals surface area contributed by atoms with Gasteiger partial charge in [-0.05, 0) is 19.1 Å². The number of amides is 1. The number of carbonyl (C=O) groups is 1. The molecule has 4 nitrogen and oxygen atoms in total. The molecule has 1 N–H and O–H groups in total. The number of ether oxygens (including phenoxy) is 1. The molecule has 0 saturated heterocycles. The van der Waals surface area contributed by atoms with Gasteiger partial charge in [0.05, 0.1) is 18.3 Å². The highest BCUT2D eigenvalue weighted by Crippen LogP contribution is 2.29. The van der Waals surface area contributed by atoms with Crippen molar-refractivity contribution in [3.05, 3.63) is 30.0 Å². The predicted octanol–water partition coefficient (Wildman–Crippen LogP) is 3.05. The summed E-state index contributed by atoms with van der Waals surface area (Å²) in [4.78, 5) is 15.2. The Kier molecular flexibility index (Phi) is 3.52. The summed E-state index contributed by atoms with van der Waals surface area (Å²) in [6.07, 6.45) is -4.96. The van der Waals surface area contributed by atoms with E-state index in [1.165, 1.54) is 13.2 Å². The number of carbonyl (C=O) groups excluding carboxylic acids is 1. The molecule has 7 heteroatoms. The molecule has 20 heavy (non-hydrogen) atoms. The molecule has 0 radical (unpaired) electrons. The second-order valence-electron chi connectivity index (χ2n) is 4.15. The third kappa shape index (κ3) is 2.81. The standard InChI is InChI=1S/C13H11F3N2O2/c1-7-3-4-8-5-9(20-2)6-10(11(8)17-7)18-12(19)13(14,15)16/h3-6H,1-2H3,(H,18,19). The number of rotatable bonds is 2. The fraction of sp³-hybridized carbons (Fsp3) is 0.231. The smallest absolute Gasteiger partial charge is 0.471 e. The number of nitrogens with one attached hydrogen (secondary N) is 1. The van der Waals surface area contributed by atoms with Gasteiger partial charge in [-0.15, -0.1) is 0 Å². The Bertz CT molecular complexity index is 668. The van der Waals surface area contributed by atoms with E-state index in [2.05, 4.69) is 4.98 Å². The van der Waals surface area contributed by atoms with Gasteiger partial charge in [-0.1, -0.05) is 6.07 Å². The van der Waals surface area contributed by atoms with Gasteiger partial charge in [-0.2, -0.15) is 13.2 Å². The SMILES string of the molecule is COc1cc(NC(=O)C(F)(F)F)c2nc(C)ccc2c1. The lowest BCUT2D eigenvalue weighted by atomic mass is 10.1. The van der Waals surface area contributed by atoms with Crippen molar-refractivity contribution < 1.29 is 22.7 Å². The predicted molar refractivity (Wildman–Crippen MR) is 67.7 cm³/mol. The Morgan fingerprint density at radius 3 is 2.60 bits per heavy atom. The molecule has 0 aliphatic heterocycles. The first-order valence-electron chi connectivity index (χ1n) is 5.65. The van der Waals surface area contributed by atoms with Crippen LogP contribution in [0.5, 0.6) is 5.75 Å². The number of pyridine rings is 1. The van der Waals surface area contributed by atoms with Crippen molar-refractivity contribution in [3.63, 3.8) is 0 Å². The van der Waals surface area contributed by atoms with Crippen molar-refractivity contribution in [3.8, 4) is 5.75 Å². The highest BCUT2D eigenvalue weighted by atomic mass is 19.4. The number of nitrogens with zero attached hydrogens (tertiary/aromatic N) is 1. The number of anilines is 1. The first-order chi connectivity index (χ1) is 9.31. The first-order valence-corrected chi connectivity index (χ1v) is 5.65. The van der Waals surface area contributed by atoms with Crippen molar-refractivity contribution in [1.29, 1.82) is 0 Å². The fourth-order valence-corrected chi connectivity index (χ4v) is 1.71. The maximum Gasteiger partial charge on any atom is 0.471 e. The number of methoxy groups -OCH3 is 1. The minimum atomic E-state index is -4.96. The van der Waals surface area contributed by atoms with Gasteiger partial charge in [0.15, 0.2) is 0 Å². The van der Waals surface area contributed by atoms with Crippen molar-refractivity contribution >= 4 is 22.5 Å². The number of benzene rings is 1. The van der Waals surface area contributed by atoms with E-state index < -0.39 is 12.1 Å². The third-order valence-corrected chi connectivity index (χ3v) is 2.65. The zero-order valence-electron chi connectivity index (χ0n) is 10.7. The molecule has 106 valence electrons. The molecule has 2 rings (SSSR count). The van der Waals surface area contributed by atoms with Gasteiger partial charge in [0.25, 0.3) is 0 Å². The Morgan fingerprint density at radius 2 is 2.00 bits per heavy atom. The monoisotopic (exact) mass is 284 g/mol. The molecule has 0 atom stereocenters. The topological polar surface area (TPSA) is 51.2 Å². The van der Waals surface area contributed by atoms with Crippen LogP contribution in [0.4, 0.5) is 18.9 Å². The van der Waals surface area contributed by atoms with Crippen LogP contribution in [0, 0.1) is 6.92 Å². The maximum atomic E-state index is 12.3. The fourth-order valence-electron chi connectivity index (χ4n) is 1.71. The number of fused-ring (bicyclic) bond motifs is 1. The molecule has 0 fully saturated rings. The molecule has 1 aromatic heterocycles. The maximum absolute atomic E-state index is 12.3. The summed E-state index contributed by atoms with van der Waals surface area (Å²) >= 11 is 0. The van der Waals surface area contributed by atoms with Crippen LogP contribution in [0.25, 0.3) is 10.9 Å². The van der Waals surface area contributed by atoms with Crippen LogP contribution in [0.15, 0.2) is 24.3 Å². The van der Waals surface area contributed by atoms with Crippen molar-refractivity contribution in [2.45, 2.75) is 13.1 Å². The average molecular weight is 284 g/mol. The highest BCUT2D eigenvalue weighted by molar-refractivity contribution is 6.03. The van der Waals surface area contributed by atoms with Gasteiger partial charge in [0.1, 0.15) is 5.75 Å². The van der Waals surface area contributed by atoms with E-state index in [1.54, 1.807) is 25.1 Å². The van der Waals surface area contributed by atoms with Crippen LogP contribution in [0.3, 0.4) is 0 Å². The van der Waals surface area contributed by atoms with Crippen LogP contribution in [-0.2, 0) is 4.79 Å². The number of hydrogen-bond acceptors (Lipinski definition) is 3. The summed E-state index contributed by atoms with van der Waals surface area (Å²) in [7, 11) is 1.39. The Labute approximate surface area is 112 Å². The first kappa shape index (κ1) is 14.1. The van der Waals surface area contributed by atoms with E-state index in [4.69, 9.17) is 4.74 Å². The summed E-state index contributed by atoms with van der Waals surface area (Å²) in [6, 6.07) is 6.35. The quantitative estimate of drug-likeness (QED) is 0.922. The Hall–Kier alpha value is -2.31. The number of aryl methyl sites for hydroxylation is 1. The summed E-state index contributed by atoms with van der Waals surface area (Å²) in [5.74, 6) is -1.71. The molecule has 0 aliphatic carbocycles. The minimum absolute atomic E-state index is 0.0367. The van der Waals surface area contributed by atoms with Gasteiger partial charge in [0.2, 0.25) is 0 Å². The molecule has 0 unspecified atom stereocenters. The van der Waals surface area contributed by atoms with Crippen molar-refractivity contribution in [2.24, 2.45) is 0 Å². The number of alkyl halides is 3. The molecular weight excluding hydrogens is 273 g/mol. The average Bonchev–Trinajstić information content (AvgIpc) is 2.37. The number of aromatic nitrogens is 1. The summed E-state index contributed by atoms with van der Waals surface area (Å²) in [5, 5.41) is 2.40. The number of hydrogen-bond donors (Lipinski definition) is 1. The second kappa shape index (κ2) is 4.99. The van der Waals surface area contributed by atoms with Gasteiger partial charge >= 0.3 is 12.1 Å². The van der Waals surface area contributed by atoms with Crippen molar-refractivity contribution in [2.75, 3.05) is 12.4 Å². The lowest BCUT2D eigenvalue weighted by Gasteiger charge is -2.12. The van der Waals surface area contributed by atoms with Crippen LogP contribution in [0.1, 0.15) is 5.69 Å². The molecule has 0 aliphatic rings. The third-order valence-electron chi connectivity index (χ3n) is 2.65. The van der Waals surface area contributed by atoms with Gasteiger partial charge < -0.3 is 10.1 Å². The van der Waals surface area contributed by atoms with Crippen molar-refractivity contribution in [1.82, 2.24) is 4.98 Å². The van der Waals surface area contributed by atoms with E-state index in [0.717, 1.165) is 0 Å². The normalized spacial score (nSPS) is 11.4. The summed E-state index contributed by atoms with van der Waals surface area (Å²) in [5.41, 5.74) is 0.874. The van der Waals surface area contributed by atoms with E-state index in [9.17, 15) is 18.0 Å². The van der Waals surface area contributed by atoms with Crippen LogP contribution in [-0.4, -0.2) is 24.2 Å². The largest absolute Gasteiger partial charge is 0.497 e. The van der Waals surface area contributed by atoms with Crippen LogP contribution < -0.4 is 10.1 Å². The summed E-state index contributed by atoms with van der Waals surface area (Å²) in [6.45, 7) is 1.71. The molecule has 1 aromatic carbocycles. The zero-order valence-corrected chi connectivity index (χ0v) is 10.7. The number of halogens is 3. The Morgan fingerprint density at radius 1 is 1.30 bits per heavy atom. The molecule has 1 amide bonds. The molecule has 0 spiro atoms. The van der Waals surface area contributed by atoms with E-state index in [1.807, 2.05) is 5.32 Å². The van der Waals surface area contributed by atoms with E-state index >= 15 is 0 Å². The molecule has 0 saturated carbocycles. The van der Waals surface area contributed by atoms with Gasteiger partial charge in [-0.3, -0.25) is 9.78 Å². The second-order valence-corrected chi connectivity index (χ2v) is 4.15. The lowest BCUT2D eigenvalue weighted by molar-refractivity contribution is -0.167. The van der Waals surface area contributed by atoms with Crippen LogP contribution in [0.2, 0.25) is 0 Å². The molecule has 1 heterocycles. The zero-order chi connectivity index (χ0) is 14.9. The lowest BCUT2D eigenvalue weighted by Crippen LogP contribution is -2.30. The molecule has 2 aromatic rings. The Balaban J connectivity index is 2.55. The minimum Gasteiger partial charge on any atom is -0.497 e. The molecule has 0 bridgehead atoms. The van der Waals surface area contributed by atoms with Gasteiger partial charge in [0, 0.05) is 17.1 Å². The van der Waals surface area contributed by atoms with Crippen LogP contribution >= 0.6 is 0 Å². The van der Waals surface area contributed by atoms with E-state index in [0.29, 0.717) is 16.8 Å².